The highest BCUT2D eigenvalue weighted by molar-refractivity contribution is 5.85. The number of rotatable bonds is 2. The van der Waals surface area contributed by atoms with Gasteiger partial charge in [-0.05, 0) is 30.2 Å². The van der Waals surface area contributed by atoms with Crippen LogP contribution in [0.15, 0.2) is 36.5 Å². The van der Waals surface area contributed by atoms with E-state index in [2.05, 4.69) is 9.83 Å². The van der Waals surface area contributed by atoms with Crippen molar-refractivity contribution in [3.8, 4) is 17.0 Å². The quantitative estimate of drug-likeness (QED) is 0.834. The van der Waals surface area contributed by atoms with Gasteiger partial charge in [-0.15, -0.1) is 12.4 Å². The van der Waals surface area contributed by atoms with E-state index < -0.39 is 0 Å². The van der Waals surface area contributed by atoms with Gasteiger partial charge >= 0.3 is 0 Å². The van der Waals surface area contributed by atoms with Gasteiger partial charge in [0, 0.05) is 23.7 Å². The molecule has 3 rings (SSSR count). The maximum atomic E-state index is 9.85. The van der Waals surface area contributed by atoms with Gasteiger partial charge in [-0.3, -0.25) is 4.98 Å². The molecule has 0 aliphatic heterocycles. The molecule has 4 nitrogen and oxygen atoms in total. The lowest BCUT2D eigenvalue weighted by Crippen LogP contribution is -2.01. The first-order valence-corrected chi connectivity index (χ1v) is 6.11. The number of aromatic hydroxyl groups is 1. The Bertz CT molecular complexity index is 664. The second-order valence-electron chi connectivity index (χ2n) is 4.80. The summed E-state index contributed by atoms with van der Waals surface area (Å²) in [5.41, 5.74) is 8.68. The predicted molar refractivity (Wildman–Crippen MR) is 80.2 cm³/mol. The van der Waals surface area contributed by atoms with Crippen LogP contribution < -0.4 is 5.73 Å². The molecule has 0 spiro atoms. The normalized spacial score (nSPS) is 19.8. The molecular weight excluding hydrogens is 274 g/mol. The van der Waals surface area contributed by atoms with E-state index in [9.17, 15) is 5.11 Å². The molecule has 0 amide bonds. The van der Waals surface area contributed by atoms with Crippen LogP contribution in [0, 0.1) is 6.57 Å². The summed E-state index contributed by atoms with van der Waals surface area (Å²) < 4.78 is 0. The van der Waals surface area contributed by atoms with Gasteiger partial charge in [-0.2, -0.15) is 0 Å². The van der Waals surface area contributed by atoms with Crippen molar-refractivity contribution in [2.24, 2.45) is 5.73 Å². The summed E-state index contributed by atoms with van der Waals surface area (Å²) in [4.78, 5) is 7.72. The van der Waals surface area contributed by atoms with Gasteiger partial charge in [0.15, 0.2) is 5.69 Å². The van der Waals surface area contributed by atoms with Crippen molar-refractivity contribution in [2.75, 3.05) is 0 Å². The van der Waals surface area contributed by atoms with Gasteiger partial charge in [-0.25, -0.2) is 4.85 Å². The number of benzene rings is 1. The molecule has 0 saturated heterocycles. The van der Waals surface area contributed by atoms with E-state index in [4.69, 9.17) is 12.3 Å². The molecule has 20 heavy (non-hydrogen) atoms. The van der Waals surface area contributed by atoms with Crippen molar-refractivity contribution in [1.29, 1.82) is 0 Å². The topological polar surface area (TPSA) is 63.5 Å². The number of hydrogen-bond acceptors (Lipinski definition) is 3. The van der Waals surface area contributed by atoms with Crippen molar-refractivity contribution >= 4 is 18.1 Å². The highest BCUT2D eigenvalue weighted by Gasteiger charge is 2.34. The van der Waals surface area contributed by atoms with E-state index in [0.717, 1.165) is 12.0 Å². The monoisotopic (exact) mass is 287 g/mol. The summed E-state index contributed by atoms with van der Waals surface area (Å²) in [5.74, 6) is 0.556. The van der Waals surface area contributed by atoms with Gasteiger partial charge < -0.3 is 10.8 Å². The molecule has 1 saturated carbocycles. The SMILES string of the molecule is Cl.[C-]#[N+]c1ccc(O)c(-c2ccc([C@H]3C[C@@H]3N)cn2)c1. The van der Waals surface area contributed by atoms with Gasteiger partial charge in [0.1, 0.15) is 5.75 Å². The highest BCUT2D eigenvalue weighted by atomic mass is 35.5. The summed E-state index contributed by atoms with van der Waals surface area (Å²) >= 11 is 0. The number of halogens is 1. The van der Waals surface area contributed by atoms with Crippen molar-refractivity contribution in [1.82, 2.24) is 4.98 Å². The average Bonchev–Trinajstić information content (AvgIpc) is 3.17. The van der Waals surface area contributed by atoms with E-state index >= 15 is 0 Å². The van der Waals surface area contributed by atoms with Crippen molar-refractivity contribution in [3.05, 3.63) is 53.5 Å². The van der Waals surface area contributed by atoms with E-state index in [1.165, 1.54) is 6.07 Å². The Kier molecular flexibility index (Phi) is 3.93. The third-order valence-corrected chi connectivity index (χ3v) is 3.44. The standard InChI is InChI=1S/C15H13N3O.ClH/c1-17-10-3-5-15(19)12(6-10)14-4-2-9(8-18-14)11-7-13(11)16;/h2-6,8,11,13,19H,7,16H2;1H/t11-,13+;/m1./s1. The molecule has 1 aliphatic carbocycles. The van der Waals surface area contributed by atoms with Crippen molar-refractivity contribution in [2.45, 2.75) is 18.4 Å². The van der Waals surface area contributed by atoms with Crippen LogP contribution in [-0.2, 0) is 0 Å². The fourth-order valence-corrected chi connectivity index (χ4v) is 2.18. The fraction of sp³-hybridized carbons (Fsp3) is 0.200. The number of nitrogens with two attached hydrogens (primary N) is 1. The minimum Gasteiger partial charge on any atom is -0.507 e. The summed E-state index contributed by atoms with van der Waals surface area (Å²) in [6.07, 6.45) is 2.82. The Morgan fingerprint density at radius 1 is 1.30 bits per heavy atom. The number of hydrogen-bond donors (Lipinski definition) is 2. The van der Waals surface area contributed by atoms with Crippen LogP contribution in [0.4, 0.5) is 5.69 Å². The number of aromatic nitrogens is 1. The zero-order chi connectivity index (χ0) is 13.4. The van der Waals surface area contributed by atoms with E-state index in [1.54, 1.807) is 18.3 Å². The molecule has 5 heteroatoms. The molecule has 0 bridgehead atoms. The minimum atomic E-state index is 0. The number of nitrogens with zero attached hydrogens (tertiary/aromatic N) is 2. The Labute approximate surface area is 123 Å². The van der Waals surface area contributed by atoms with Crippen LogP contribution in [0.5, 0.6) is 5.75 Å². The summed E-state index contributed by atoms with van der Waals surface area (Å²) in [6, 6.07) is 8.87. The van der Waals surface area contributed by atoms with Crippen LogP contribution in [-0.4, -0.2) is 16.1 Å². The first-order valence-electron chi connectivity index (χ1n) is 6.11. The molecule has 3 N–H and O–H groups in total. The van der Waals surface area contributed by atoms with Crippen molar-refractivity contribution < 1.29 is 5.11 Å². The predicted octanol–water partition coefficient (Wildman–Crippen LogP) is 3.24. The largest absolute Gasteiger partial charge is 0.507 e. The van der Waals surface area contributed by atoms with Gasteiger partial charge in [-0.1, -0.05) is 12.1 Å². The maximum Gasteiger partial charge on any atom is 0.188 e. The Morgan fingerprint density at radius 2 is 2.05 bits per heavy atom. The minimum absolute atomic E-state index is 0. The number of pyridine rings is 1. The third kappa shape index (κ3) is 2.60. The van der Waals surface area contributed by atoms with Gasteiger partial charge in [0.25, 0.3) is 0 Å². The molecule has 1 aromatic carbocycles. The van der Waals surface area contributed by atoms with Gasteiger partial charge in [0.2, 0.25) is 0 Å². The van der Waals surface area contributed by atoms with Crippen LogP contribution in [0.2, 0.25) is 0 Å². The van der Waals surface area contributed by atoms with E-state index in [1.807, 2.05) is 12.1 Å². The Hall–Kier alpha value is -2.09. The van der Waals surface area contributed by atoms with Gasteiger partial charge in [0.05, 0.1) is 12.3 Å². The number of phenols is 1. The number of phenolic OH excluding ortho intramolecular Hbond substituents is 1. The lowest BCUT2D eigenvalue weighted by molar-refractivity contribution is 0.477. The smallest absolute Gasteiger partial charge is 0.188 e. The molecule has 102 valence electrons. The fourth-order valence-electron chi connectivity index (χ4n) is 2.18. The lowest BCUT2D eigenvalue weighted by Gasteiger charge is -2.06. The second-order valence-corrected chi connectivity index (χ2v) is 4.80. The molecule has 2 atom stereocenters. The highest BCUT2D eigenvalue weighted by Crippen LogP contribution is 2.39. The molecule has 1 heterocycles. The molecular formula is C15H14ClN3O. The second kappa shape index (κ2) is 5.49. The summed E-state index contributed by atoms with van der Waals surface area (Å²) in [7, 11) is 0. The van der Waals surface area contributed by atoms with Crippen LogP contribution >= 0.6 is 12.4 Å². The molecule has 1 aromatic heterocycles. The average molecular weight is 288 g/mol. The lowest BCUT2D eigenvalue weighted by atomic mass is 10.1. The maximum absolute atomic E-state index is 9.85. The van der Waals surface area contributed by atoms with Crippen molar-refractivity contribution in [3.63, 3.8) is 0 Å². The molecule has 2 aromatic rings. The molecule has 0 radical (unpaired) electrons. The molecule has 1 fully saturated rings. The first-order chi connectivity index (χ1) is 9.19. The first kappa shape index (κ1) is 14.3. The summed E-state index contributed by atoms with van der Waals surface area (Å²) in [6.45, 7) is 7.00. The van der Waals surface area contributed by atoms with E-state index in [0.29, 0.717) is 22.9 Å². The van der Waals surface area contributed by atoms with Crippen LogP contribution in [0.3, 0.4) is 0 Å². The van der Waals surface area contributed by atoms with Crippen LogP contribution in [0.1, 0.15) is 17.9 Å². The van der Waals surface area contributed by atoms with Crippen LogP contribution in [0.25, 0.3) is 16.1 Å². The zero-order valence-electron chi connectivity index (χ0n) is 10.7. The van der Waals surface area contributed by atoms with E-state index in [-0.39, 0.29) is 24.2 Å². The summed E-state index contributed by atoms with van der Waals surface area (Å²) in [5, 5.41) is 9.85. The Balaban J connectivity index is 0.00000147. The molecule has 0 unspecified atom stereocenters. The Morgan fingerprint density at radius 3 is 2.60 bits per heavy atom. The third-order valence-electron chi connectivity index (χ3n) is 3.44. The zero-order valence-corrected chi connectivity index (χ0v) is 11.5. The molecule has 1 aliphatic rings.